The van der Waals surface area contributed by atoms with Gasteiger partial charge in [-0.3, -0.25) is 4.68 Å². The molecule has 3 atom stereocenters. The molecule has 3 unspecified atom stereocenters. The normalized spacial score (nSPS) is 32.4. The number of rotatable bonds is 1. The van der Waals surface area contributed by atoms with Gasteiger partial charge in [0.05, 0.1) is 16.9 Å². The number of aromatic nitrogens is 2. The SMILES string of the molecule is CC1CNC(C)C1c1c(Cl)cnn1C. The third-order valence-electron chi connectivity index (χ3n) is 3.17. The zero-order valence-corrected chi connectivity index (χ0v) is 9.54. The van der Waals surface area contributed by atoms with Gasteiger partial charge in [0.2, 0.25) is 0 Å². The van der Waals surface area contributed by atoms with Crippen molar-refractivity contribution in [3.05, 3.63) is 16.9 Å². The summed E-state index contributed by atoms with van der Waals surface area (Å²) in [7, 11) is 1.96. The lowest BCUT2D eigenvalue weighted by molar-refractivity contribution is 0.483. The minimum Gasteiger partial charge on any atom is -0.313 e. The number of hydrogen-bond acceptors (Lipinski definition) is 2. The van der Waals surface area contributed by atoms with E-state index < -0.39 is 0 Å². The minimum atomic E-state index is 0.481. The number of halogens is 1. The first-order chi connectivity index (χ1) is 6.61. The molecule has 0 bridgehead atoms. The van der Waals surface area contributed by atoms with Crippen molar-refractivity contribution in [1.82, 2.24) is 15.1 Å². The van der Waals surface area contributed by atoms with Gasteiger partial charge in [-0.25, -0.2) is 0 Å². The van der Waals surface area contributed by atoms with Gasteiger partial charge in [0.15, 0.2) is 0 Å². The van der Waals surface area contributed by atoms with E-state index in [4.69, 9.17) is 11.6 Å². The highest BCUT2D eigenvalue weighted by Crippen LogP contribution is 2.35. The van der Waals surface area contributed by atoms with Gasteiger partial charge >= 0.3 is 0 Å². The van der Waals surface area contributed by atoms with E-state index in [1.165, 1.54) is 0 Å². The van der Waals surface area contributed by atoms with Gasteiger partial charge < -0.3 is 5.32 Å². The van der Waals surface area contributed by atoms with E-state index in [-0.39, 0.29) is 0 Å². The van der Waals surface area contributed by atoms with E-state index in [2.05, 4.69) is 24.3 Å². The second-order valence-electron chi connectivity index (χ2n) is 4.20. The lowest BCUT2D eigenvalue weighted by atomic mass is 9.89. The fourth-order valence-electron chi connectivity index (χ4n) is 2.42. The Morgan fingerprint density at radius 3 is 2.71 bits per heavy atom. The summed E-state index contributed by atoms with van der Waals surface area (Å²) >= 11 is 6.14. The topological polar surface area (TPSA) is 29.9 Å². The highest BCUT2D eigenvalue weighted by Gasteiger charge is 2.34. The first-order valence-electron chi connectivity index (χ1n) is 5.02. The van der Waals surface area contributed by atoms with Crippen molar-refractivity contribution >= 4 is 11.6 Å². The number of hydrogen-bond donors (Lipinski definition) is 1. The fourth-order valence-corrected chi connectivity index (χ4v) is 2.71. The van der Waals surface area contributed by atoms with Gasteiger partial charge in [-0.05, 0) is 19.4 Å². The van der Waals surface area contributed by atoms with E-state index in [0.717, 1.165) is 17.3 Å². The van der Waals surface area contributed by atoms with Crippen molar-refractivity contribution in [3.63, 3.8) is 0 Å². The summed E-state index contributed by atoms with van der Waals surface area (Å²) in [4.78, 5) is 0. The molecular weight excluding hydrogens is 198 g/mol. The van der Waals surface area contributed by atoms with E-state index >= 15 is 0 Å². The molecule has 0 spiro atoms. The monoisotopic (exact) mass is 213 g/mol. The van der Waals surface area contributed by atoms with Crippen LogP contribution < -0.4 is 5.32 Å². The van der Waals surface area contributed by atoms with Crippen molar-refractivity contribution in [1.29, 1.82) is 0 Å². The zero-order valence-electron chi connectivity index (χ0n) is 8.79. The molecule has 1 fully saturated rings. The highest BCUT2D eigenvalue weighted by atomic mass is 35.5. The zero-order chi connectivity index (χ0) is 10.3. The van der Waals surface area contributed by atoms with Crippen molar-refractivity contribution in [2.75, 3.05) is 6.54 Å². The Morgan fingerprint density at radius 1 is 1.57 bits per heavy atom. The number of nitrogens with one attached hydrogen (secondary N) is 1. The van der Waals surface area contributed by atoms with Crippen LogP contribution in [-0.2, 0) is 7.05 Å². The molecule has 4 heteroatoms. The molecule has 1 aliphatic heterocycles. The van der Waals surface area contributed by atoms with E-state index in [1.54, 1.807) is 6.20 Å². The van der Waals surface area contributed by atoms with Crippen LogP contribution in [0.3, 0.4) is 0 Å². The third kappa shape index (κ3) is 1.44. The van der Waals surface area contributed by atoms with Gasteiger partial charge in [-0.15, -0.1) is 0 Å². The summed E-state index contributed by atoms with van der Waals surface area (Å²) in [5, 5.41) is 8.44. The van der Waals surface area contributed by atoms with Gasteiger partial charge in [0, 0.05) is 19.0 Å². The Bertz CT molecular complexity index is 305. The van der Waals surface area contributed by atoms with Crippen molar-refractivity contribution in [2.24, 2.45) is 13.0 Å². The molecule has 1 aromatic heterocycles. The summed E-state index contributed by atoms with van der Waals surface area (Å²) in [6.07, 6.45) is 1.73. The average molecular weight is 214 g/mol. The molecule has 3 nitrogen and oxygen atoms in total. The predicted molar refractivity (Wildman–Crippen MR) is 57.6 cm³/mol. The van der Waals surface area contributed by atoms with Crippen LogP contribution in [0.25, 0.3) is 0 Å². The molecule has 0 aromatic carbocycles. The average Bonchev–Trinajstić information content (AvgIpc) is 2.60. The molecule has 0 saturated carbocycles. The maximum absolute atomic E-state index is 6.14. The Labute approximate surface area is 89.4 Å². The largest absolute Gasteiger partial charge is 0.313 e. The van der Waals surface area contributed by atoms with E-state index in [0.29, 0.717) is 17.9 Å². The summed E-state index contributed by atoms with van der Waals surface area (Å²) in [5.74, 6) is 1.10. The van der Waals surface area contributed by atoms with Crippen LogP contribution in [0.2, 0.25) is 5.02 Å². The fraction of sp³-hybridized carbons (Fsp3) is 0.700. The molecule has 1 saturated heterocycles. The molecule has 1 N–H and O–H groups in total. The van der Waals surface area contributed by atoms with Crippen molar-refractivity contribution in [2.45, 2.75) is 25.8 Å². The summed E-state index contributed by atoms with van der Waals surface area (Å²) in [6.45, 7) is 5.52. The molecule has 78 valence electrons. The summed E-state index contributed by atoms with van der Waals surface area (Å²) in [5.41, 5.74) is 1.16. The van der Waals surface area contributed by atoms with Gasteiger partial charge in [0.1, 0.15) is 0 Å². The minimum absolute atomic E-state index is 0.481. The Kier molecular flexibility index (Phi) is 2.54. The van der Waals surface area contributed by atoms with E-state index in [1.807, 2.05) is 11.7 Å². The molecule has 2 rings (SSSR count). The molecule has 0 aliphatic carbocycles. The Morgan fingerprint density at radius 2 is 2.29 bits per heavy atom. The number of aryl methyl sites for hydroxylation is 1. The molecule has 14 heavy (non-hydrogen) atoms. The maximum atomic E-state index is 6.14. The first-order valence-corrected chi connectivity index (χ1v) is 5.40. The molecule has 0 amide bonds. The summed E-state index contributed by atoms with van der Waals surface area (Å²) < 4.78 is 1.90. The lowest BCUT2D eigenvalue weighted by Gasteiger charge is -2.19. The third-order valence-corrected chi connectivity index (χ3v) is 3.46. The number of nitrogens with zero attached hydrogens (tertiary/aromatic N) is 2. The van der Waals surface area contributed by atoms with Crippen LogP contribution in [0.1, 0.15) is 25.5 Å². The lowest BCUT2D eigenvalue weighted by Crippen LogP contribution is -2.23. The van der Waals surface area contributed by atoms with Crippen LogP contribution in [0.5, 0.6) is 0 Å². The smallest absolute Gasteiger partial charge is 0.0821 e. The standard InChI is InChI=1S/C10H16ClN3/c1-6-4-12-7(2)9(6)10-8(11)5-13-14(10)3/h5-7,9,12H,4H2,1-3H3. The Hall–Kier alpha value is -0.540. The van der Waals surface area contributed by atoms with Crippen LogP contribution in [0.15, 0.2) is 6.20 Å². The van der Waals surface area contributed by atoms with Crippen molar-refractivity contribution < 1.29 is 0 Å². The molecule has 1 aliphatic rings. The second-order valence-corrected chi connectivity index (χ2v) is 4.61. The van der Waals surface area contributed by atoms with Crippen LogP contribution in [-0.4, -0.2) is 22.4 Å². The summed E-state index contributed by atoms with van der Waals surface area (Å²) in [6, 6.07) is 0.484. The van der Waals surface area contributed by atoms with E-state index in [9.17, 15) is 0 Å². The predicted octanol–water partition coefficient (Wildman–Crippen LogP) is 1.78. The first kappa shape index (κ1) is 9.99. The van der Waals surface area contributed by atoms with Gasteiger partial charge in [0.25, 0.3) is 0 Å². The maximum Gasteiger partial charge on any atom is 0.0821 e. The molecule has 2 heterocycles. The Balaban J connectivity index is 2.38. The van der Waals surface area contributed by atoms with Crippen LogP contribution in [0.4, 0.5) is 0 Å². The highest BCUT2D eigenvalue weighted by molar-refractivity contribution is 6.31. The van der Waals surface area contributed by atoms with Crippen LogP contribution >= 0.6 is 11.6 Å². The van der Waals surface area contributed by atoms with Crippen LogP contribution in [0, 0.1) is 5.92 Å². The van der Waals surface area contributed by atoms with Gasteiger partial charge in [-0.1, -0.05) is 18.5 Å². The quantitative estimate of drug-likeness (QED) is 0.771. The molecular formula is C10H16ClN3. The second kappa shape index (κ2) is 3.55. The van der Waals surface area contributed by atoms with Crippen molar-refractivity contribution in [3.8, 4) is 0 Å². The molecule has 0 radical (unpaired) electrons. The molecule has 1 aromatic rings. The van der Waals surface area contributed by atoms with Gasteiger partial charge in [-0.2, -0.15) is 5.10 Å².